The van der Waals surface area contributed by atoms with Gasteiger partial charge in [0, 0.05) is 46.0 Å². The lowest BCUT2D eigenvalue weighted by Gasteiger charge is -2.23. The molecule has 1 heterocycles. The van der Waals surface area contributed by atoms with Gasteiger partial charge in [-0.3, -0.25) is 9.48 Å². The third-order valence-corrected chi connectivity index (χ3v) is 3.79. The molecule has 0 aliphatic heterocycles. The van der Waals surface area contributed by atoms with Crippen molar-refractivity contribution in [1.29, 1.82) is 0 Å². The zero-order valence-electron chi connectivity index (χ0n) is 16.8. The van der Waals surface area contributed by atoms with Crippen LogP contribution in [0.3, 0.4) is 0 Å². The van der Waals surface area contributed by atoms with E-state index in [0.29, 0.717) is 23.9 Å². The normalized spacial score (nSPS) is 12.4. The van der Waals surface area contributed by atoms with Gasteiger partial charge in [0.15, 0.2) is 5.96 Å². The Morgan fingerprint density at radius 1 is 1.33 bits per heavy atom. The number of alkyl halides is 3. The van der Waals surface area contributed by atoms with Crippen LogP contribution in [-0.2, 0) is 18.4 Å². The van der Waals surface area contributed by atoms with Gasteiger partial charge in [-0.05, 0) is 12.8 Å². The lowest BCUT2D eigenvalue weighted by Crippen LogP contribution is -2.41. The smallest absolute Gasteiger partial charge is 0.357 e. The van der Waals surface area contributed by atoms with Crippen LogP contribution in [0.5, 0.6) is 0 Å². The summed E-state index contributed by atoms with van der Waals surface area (Å²) >= 11 is 0. The third-order valence-electron chi connectivity index (χ3n) is 3.79. The predicted molar refractivity (Wildman–Crippen MR) is 98.4 cm³/mol. The molecule has 7 nitrogen and oxygen atoms in total. The van der Waals surface area contributed by atoms with Crippen LogP contribution < -0.4 is 5.32 Å². The van der Waals surface area contributed by atoms with Crippen LogP contribution in [0, 0.1) is 0 Å². The molecule has 0 aromatic carbocycles. The van der Waals surface area contributed by atoms with E-state index in [4.69, 9.17) is 0 Å². The summed E-state index contributed by atoms with van der Waals surface area (Å²) in [6.07, 6.45) is -2.50. The van der Waals surface area contributed by atoms with E-state index in [2.05, 4.69) is 29.3 Å². The van der Waals surface area contributed by atoms with Crippen molar-refractivity contribution in [1.82, 2.24) is 24.9 Å². The molecule has 0 aliphatic carbocycles. The van der Waals surface area contributed by atoms with E-state index >= 15 is 0 Å². The number of guanidine groups is 1. The number of rotatable bonds is 7. The van der Waals surface area contributed by atoms with Crippen molar-refractivity contribution >= 4 is 11.9 Å². The van der Waals surface area contributed by atoms with E-state index in [1.165, 1.54) is 0 Å². The summed E-state index contributed by atoms with van der Waals surface area (Å²) in [6, 6.07) is 0. The molecular weight excluding hydrogens is 361 g/mol. The van der Waals surface area contributed by atoms with Crippen molar-refractivity contribution in [2.45, 2.75) is 39.4 Å². The monoisotopic (exact) mass is 390 g/mol. The Morgan fingerprint density at radius 3 is 2.48 bits per heavy atom. The highest BCUT2D eigenvalue weighted by Crippen LogP contribution is 2.18. The molecular formula is C17H29F3N6O. The Hall–Kier alpha value is -2.26. The van der Waals surface area contributed by atoms with Crippen LogP contribution in [0.15, 0.2) is 11.2 Å². The van der Waals surface area contributed by atoms with E-state index in [1.807, 2.05) is 32.1 Å². The minimum atomic E-state index is -4.43. The number of nitrogens with zero attached hydrogens (tertiary/aromatic N) is 5. The minimum absolute atomic E-state index is 0.256. The van der Waals surface area contributed by atoms with Crippen molar-refractivity contribution in [2.24, 2.45) is 12.0 Å². The topological polar surface area (TPSA) is 65.8 Å². The number of halogens is 3. The maximum Gasteiger partial charge on any atom is 0.406 e. The zero-order chi connectivity index (χ0) is 20.8. The molecule has 0 bridgehead atoms. The van der Waals surface area contributed by atoms with E-state index in [1.54, 1.807) is 4.68 Å². The van der Waals surface area contributed by atoms with Gasteiger partial charge in [-0.1, -0.05) is 13.8 Å². The van der Waals surface area contributed by atoms with Gasteiger partial charge in [0.2, 0.25) is 5.91 Å². The fourth-order valence-corrected chi connectivity index (χ4v) is 2.58. The average molecular weight is 390 g/mol. The lowest BCUT2D eigenvalue weighted by molar-refractivity contribution is -0.157. The summed E-state index contributed by atoms with van der Waals surface area (Å²) < 4.78 is 39.0. The highest BCUT2D eigenvalue weighted by molar-refractivity contribution is 5.84. The van der Waals surface area contributed by atoms with Crippen LogP contribution >= 0.6 is 0 Å². The van der Waals surface area contributed by atoms with Gasteiger partial charge in [0.25, 0.3) is 0 Å². The van der Waals surface area contributed by atoms with Crippen LogP contribution in [0.4, 0.5) is 13.2 Å². The highest BCUT2D eigenvalue weighted by Gasteiger charge is 2.31. The molecule has 0 aliphatic rings. The molecule has 0 unspecified atom stereocenters. The van der Waals surface area contributed by atoms with Gasteiger partial charge < -0.3 is 15.1 Å². The number of amides is 1. The minimum Gasteiger partial charge on any atom is -0.357 e. The number of likely N-dealkylation sites (N-methyl/N-ethyl adjacent to an activating group) is 1. The Labute approximate surface area is 158 Å². The molecule has 0 radical (unpaired) electrons. The SMILES string of the molecule is CCNC(=NCC(=O)N(C)CC(F)(F)F)N(C)Cc1cn(C)nc1C(C)C. The zero-order valence-corrected chi connectivity index (χ0v) is 16.8. The summed E-state index contributed by atoms with van der Waals surface area (Å²) in [4.78, 5) is 18.6. The maximum absolute atomic E-state index is 12.4. The molecule has 27 heavy (non-hydrogen) atoms. The van der Waals surface area contributed by atoms with Crippen LogP contribution in [0.25, 0.3) is 0 Å². The molecule has 1 aromatic heterocycles. The molecule has 1 aromatic rings. The van der Waals surface area contributed by atoms with Crippen molar-refractivity contribution in [3.8, 4) is 0 Å². The van der Waals surface area contributed by atoms with Gasteiger partial charge in [-0.15, -0.1) is 0 Å². The van der Waals surface area contributed by atoms with Crippen molar-refractivity contribution < 1.29 is 18.0 Å². The molecule has 10 heteroatoms. The van der Waals surface area contributed by atoms with Gasteiger partial charge in [-0.25, -0.2) is 4.99 Å². The maximum atomic E-state index is 12.4. The number of carbonyl (C=O) groups excluding carboxylic acids is 1. The summed E-state index contributed by atoms with van der Waals surface area (Å²) in [7, 11) is 4.78. The lowest BCUT2D eigenvalue weighted by atomic mass is 10.1. The van der Waals surface area contributed by atoms with E-state index < -0.39 is 18.6 Å². The summed E-state index contributed by atoms with van der Waals surface area (Å²) in [5.74, 6) is 0.0110. The number of nitrogens with one attached hydrogen (secondary N) is 1. The first-order valence-corrected chi connectivity index (χ1v) is 8.77. The molecule has 0 spiro atoms. The molecule has 0 saturated heterocycles. The number of aryl methyl sites for hydroxylation is 1. The van der Waals surface area contributed by atoms with Crippen molar-refractivity contribution in [2.75, 3.05) is 33.7 Å². The summed E-state index contributed by atoms with van der Waals surface area (Å²) in [6.45, 7) is 5.43. The third kappa shape index (κ3) is 7.48. The predicted octanol–water partition coefficient (Wildman–Crippen LogP) is 1.96. The standard InChI is InChI=1S/C17H29F3N6O/c1-7-21-16(22-8-14(27)25(5)11-17(18,19)20)24(4)9-13-10-26(6)23-15(13)12(2)3/h10,12H,7-9,11H2,1-6H3,(H,21,22). The molecule has 1 N–H and O–H groups in total. The van der Waals surface area contributed by atoms with Crippen molar-refractivity contribution in [3.05, 3.63) is 17.5 Å². The second-order valence-electron chi connectivity index (χ2n) is 6.76. The molecule has 1 rings (SSSR count). The Balaban J connectivity index is 2.85. The number of carbonyl (C=O) groups is 1. The summed E-state index contributed by atoms with van der Waals surface area (Å²) in [5, 5.41) is 7.52. The quantitative estimate of drug-likeness (QED) is 0.571. The van der Waals surface area contributed by atoms with Crippen molar-refractivity contribution in [3.63, 3.8) is 0 Å². The second-order valence-corrected chi connectivity index (χ2v) is 6.76. The fourth-order valence-electron chi connectivity index (χ4n) is 2.58. The van der Waals surface area contributed by atoms with Crippen LogP contribution in [0.1, 0.15) is 37.9 Å². The highest BCUT2D eigenvalue weighted by atomic mass is 19.4. The van der Waals surface area contributed by atoms with Gasteiger partial charge >= 0.3 is 6.18 Å². The molecule has 1 amide bonds. The van der Waals surface area contributed by atoms with Gasteiger partial charge in [0.05, 0.1) is 5.69 Å². The number of hydrogen-bond acceptors (Lipinski definition) is 3. The second kappa shape index (κ2) is 9.61. The number of aliphatic imine (C=N–C) groups is 1. The molecule has 0 saturated carbocycles. The molecule has 0 atom stereocenters. The largest absolute Gasteiger partial charge is 0.406 e. The first-order chi connectivity index (χ1) is 12.4. The molecule has 0 fully saturated rings. The van der Waals surface area contributed by atoms with E-state index in [-0.39, 0.29) is 12.5 Å². The number of hydrogen-bond donors (Lipinski definition) is 1. The van der Waals surface area contributed by atoms with Gasteiger partial charge in [-0.2, -0.15) is 18.3 Å². The first kappa shape index (κ1) is 22.8. The van der Waals surface area contributed by atoms with E-state index in [0.717, 1.165) is 18.3 Å². The Kier molecular flexibility index (Phi) is 8.11. The van der Waals surface area contributed by atoms with Gasteiger partial charge in [0.1, 0.15) is 13.1 Å². The number of aromatic nitrogens is 2. The van der Waals surface area contributed by atoms with Crippen LogP contribution in [-0.4, -0.2) is 71.4 Å². The Bertz CT molecular complexity index is 654. The average Bonchev–Trinajstić information content (AvgIpc) is 2.89. The summed E-state index contributed by atoms with van der Waals surface area (Å²) in [5.41, 5.74) is 2.00. The first-order valence-electron chi connectivity index (χ1n) is 8.77. The fraction of sp³-hybridized carbons (Fsp3) is 0.706. The van der Waals surface area contributed by atoms with Crippen LogP contribution in [0.2, 0.25) is 0 Å². The Morgan fingerprint density at radius 2 is 1.96 bits per heavy atom. The molecule has 154 valence electrons. The van der Waals surface area contributed by atoms with E-state index in [9.17, 15) is 18.0 Å².